The predicted octanol–water partition coefficient (Wildman–Crippen LogP) is 3.05. The molecule has 0 bridgehead atoms. The Kier molecular flexibility index (Phi) is 5.35. The van der Waals surface area contributed by atoms with E-state index in [-0.39, 0.29) is 35.8 Å². The summed E-state index contributed by atoms with van der Waals surface area (Å²) >= 11 is 0. The molecule has 0 radical (unpaired) electrons. The van der Waals surface area contributed by atoms with Gasteiger partial charge in [0.15, 0.2) is 5.78 Å². The number of nitrogens with one attached hydrogen (secondary N) is 2. The van der Waals surface area contributed by atoms with Crippen molar-refractivity contribution in [2.24, 2.45) is 5.10 Å². The monoisotopic (exact) mass is 404 g/mol. The molecule has 1 atom stereocenters. The van der Waals surface area contributed by atoms with E-state index >= 15 is 0 Å². The Morgan fingerprint density at radius 3 is 2.43 bits per heavy atom. The molecule has 1 saturated carbocycles. The molecule has 2 aromatic rings. The Morgan fingerprint density at radius 1 is 1.03 bits per heavy atom. The third-order valence-electron chi connectivity index (χ3n) is 5.32. The fraction of sp³-hybridized carbons (Fsp3) is 0.304. The van der Waals surface area contributed by atoms with E-state index in [1.165, 1.54) is 6.92 Å². The van der Waals surface area contributed by atoms with Gasteiger partial charge in [0.25, 0.3) is 11.8 Å². The molecule has 0 spiro atoms. The first-order valence-electron chi connectivity index (χ1n) is 10.1. The number of carbonyl (C=O) groups excluding carboxylic acids is 3. The average molecular weight is 404 g/mol. The highest BCUT2D eigenvalue weighted by atomic mass is 16.2. The van der Waals surface area contributed by atoms with Crippen LogP contribution in [0.25, 0.3) is 0 Å². The Hall–Kier alpha value is -3.48. The number of anilines is 2. The van der Waals surface area contributed by atoms with E-state index in [0.29, 0.717) is 11.3 Å². The molecule has 1 aliphatic carbocycles. The molecule has 1 heterocycles. The normalized spacial score (nSPS) is 18.0. The SMILES string of the molecule is CC(=O)C1CC(C(=O)Nc2cc(C(=O)NC3CC3)ccc2C)=NN1c1ccccc1. The summed E-state index contributed by atoms with van der Waals surface area (Å²) in [4.78, 5) is 37.4. The van der Waals surface area contributed by atoms with Gasteiger partial charge >= 0.3 is 0 Å². The van der Waals surface area contributed by atoms with Gasteiger partial charge in [0.1, 0.15) is 11.8 Å². The molecule has 2 N–H and O–H groups in total. The average Bonchev–Trinajstić information content (AvgIpc) is 3.43. The lowest BCUT2D eigenvalue weighted by Crippen LogP contribution is -2.33. The molecule has 1 unspecified atom stereocenters. The van der Waals surface area contributed by atoms with Crippen molar-refractivity contribution < 1.29 is 14.4 Å². The molecule has 2 aromatic carbocycles. The van der Waals surface area contributed by atoms with Crippen molar-refractivity contribution in [2.75, 3.05) is 10.3 Å². The highest BCUT2D eigenvalue weighted by Crippen LogP contribution is 2.26. The molecule has 7 heteroatoms. The number of hydrazone groups is 1. The van der Waals surface area contributed by atoms with E-state index < -0.39 is 6.04 Å². The standard InChI is InChI=1S/C23H24N4O3/c1-14-8-9-16(22(29)24-17-10-11-17)12-19(14)25-23(30)20-13-21(15(2)28)27(26-20)18-6-4-3-5-7-18/h3-9,12,17,21H,10-11,13H2,1-2H3,(H,24,29)(H,25,30). The molecule has 2 aliphatic rings. The van der Waals surface area contributed by atoms with Gasteiger partial charge in [0.05, 0.1) is 5.69 Å². The van der Waals surface area contributed by atoms with E-state index in [1.807, 2.05) is 43.3 Å². The number of carbonyl (C=O) groups is 3. The molecule has 2 amide bonds. The number of Topliss-reactive ketones (excluding diaryl/α,β-unsaturated/α-hetero) is 1. The number of nitrogens with zero attached hydrogens (tertiary/aromatic N) is 2. The van der Waals surface area contributed by atoms with Gasteiger partial charge in [-0.05, 0) is 56.5 Å². The minimum absolute atomic E-state index is 0.0553. The van der Waals surface area contributed by atoms with Gasteiger partial charge < -0.3 is 10.6 Å². The minimum atomic E-state index is -0.509. The molecule has 1 aliphatic heterocycles. The number of benzene rings is 2. The summed E-state index contributed by atoms with van der Waals surface area (Å²) in [7, 11) is 0. The first-order chi connectivity index (χ1) is 14.4. The second-order valence-electron chi connectivity index (χ2n) is 7.79. The number of rotatable bonds is 6. The van der Waals surface area contributed by atoms with Crippen molar-refractivity contribution in [3.05, 3.63) is 59.7 Å². The quantitative estimate of drug-likeness (QED) is 0.774. The fourth-order valence-corrected chi connectivity index (χ4v) is 3.37. The lowest BCUT2D eigenvalue weighted by molar-refractivity contribution is -0.118. The molecule has 0 aromatic heterocycles. The summed E-state index contributed by atoms with van der Waals surface area (Å²) in [6.45, 7) is 3.37. The van der Waals surface area contributed by atoms with Crippen LogP contribution in [0.3, 0.4) is 0 Å². The maximum absolute atomic E-state index is 12.9. The lowest BCUT2D eigenvalue weighted by atomic mass is 10.1. The molecule has 1 fully saturated rings. The fourth-order valence-electron chi connectivity index (χ4n) is 3.37. The topological polar surface area (TPSA) is 90.9 Å². The second-order valence-corrected chi connectivity index (χ2v) is 7.79. The number of ketones is 1. The van der Waals surface area contributed by atoms with Gasteiger partial charge in [0.2, 0.25) is 0 Å². The van der Waals surface area contributed by atoms with Gasteiger partial charge in [-0.25, -0.2) is 0 Å². The molecule has 0 saturated heterocycles. The number of para-hydroxylation sites is 1. The van der Waals surface area contributed by atoms with Gasteiger partial charge in [-0.3, -0.25) is 19.4 Å². The second kappa shape index (κ2) is 8.10. The summed E-state index contributed by atoms with van der Waals surface area (Å²) in [6.07, 6.45) is 2.25. The van der Waals surface area contributed by atoms with Crippen molar-refractivity contribution in [2.45, 2.75) is 45.2 Å². The third-order valence-corrected chi connectivity index (χ3v) is 5.32. The van der Waals surface area contributed by atoms with Gasteiger partial charge in [-0.15, -0.1) is 0 Å². The zero-order chi connectivity index (χ0) is 21.3. The maximum Gasteiger partial charge on any atom is 0.271 e. The molecule has 4 rings (SSSR count). The smallest absolute Gasteiger partial charge is 0.271 e. The molecule has 154 valence electrons. The Bertz CT molecular complexity index is 1030. The molecular formula is C23H24N4O3. The van der Waals surface area contributed by atoms with Crippen LogP contribution in [0.2, 0.25) is 0 Å². The van der Waals surface area contributed by atoms with Crippen molar-refractivity contribution in [3.63, 3.8) is 0 Å². The van der Waals surface area contributed by atoms with Gasteiger partial charge in [0, 0.05) is 23.7 Å². The van der Waals surface area contributed by atoms with Crippen LogP contribution < -0.4 is 15.6 Å². The first-order valence-corrected chi connectivity index (χ1v) is 10.1. The minimum Gasteiger partial charge on any atom is -0.349 e. The maximum atomic E-state index is 12.9. The van der Waals surface area contributed by atoms with Crippen LogP contribution in [0.1, 0.15) is 42.1 Å². The summed E-state index contributed by atoms with van der Waals surface area (Å²) in [5, 5.41) is 11.8. The van der Waals surface area contributed by atoms with E-state index in [9.17, 15) is 14.4 Å². The van der Waals surface area contributed by atoms with Gasteiger partial charge in [-0.1, -0.05) is 24.3 Å². The van der Waals surface area contributed by atoms with Crippen molar-refractivity contribution in [1.82, 2.24) is 5.32 Å². The molecular weight excluding hydrogens is 380 g/mol. The predicted molar refractivity (Wildman–Crippen MR) is 116 cm³/mol. The van der Waals surface area contributed by atoms with Gasteiger partial charge in [-0.2, -0.15) is 5.10 Å². The Balaban J connectivity index is 1.53. The van der Waals surface area contributed by atoms with Crippen molar-refractivity contribution >= 4 is 34.7 Å². The third kappa shape index (κ3) is 4.25. The van der Waals surface area contributed by atoms with E-state index in [2.05, 4.69) is 15.7 Å². The van der Waals surface area contributed by atoms with Crippen LogP contribution in [0, 0.1) is 6.92 Å². The van der Waals surface area contributed by atoms with Crippen molar-refractivity contribution in [1.29, 1.82) is 0 Å². The molecule has 7 nitrogen and oxygen atoms in total. The lowest BCUT2D eigenvalue weighted by Gasteiger charge is -2.20. The van der Waals surface area contributed by atoms with Crippen LogP contribution in [0.15, 0.2) is 53.6 Å². The van der Waals surface area contributed by atoms with E-state index in [4.69, 9.17) is 0 Å². The van der Waals surface area contributed by atoms with Crippen LogP contribution in [-0.2, 0) is 9.59 Å². The zero-order valence-electron chi connectivity index (χ0n) is 17.0. The van der Waals surface area contributed by atoms with Crippen LogP contribution in [0.5, 0.6) is 0 Å². The molecule has 30 heavy (non-hydrogen) atoms. The first kappa shape index (κ1) is 19.8. The van der Waals surface area contributed by atoms with Crippen LogP contribution >= 0.6 is 0 Å². The van der Waals surface area contributed by atoms with Crippen molar-refractivity contribution in [3.8, 4) is 0 Å². The highest BCUT2D eigenvalue weighted by Gasteiger charge is 2.34. The number of hydrogen-bond donors (Lipinski definition) is 2. The number of hydrogen-bond acceptors (Lipinski definition) is 5. The summed E-state index contributed by atoms with van der Waals surface area (Å²) in [6, 6.07) is 14.3. The summed E-state index contributed by atoms with van der Waals surface area (Å²) in [5.74, 6) is -0.569. The van der Waals surface area contributed by atoms with E-state index in [1.54, 1.807) is 17.1 Å². The summed E-state index contributed by atoms with van der Waals surface area (Å²) in [5.41, 5.74) is 2.95. The Labute approximate surface area is 175 Å². The Morgan fingerprint density at radius 2 is 1.77 bits per heavy atom. The zero-order valence-corrected chi connectivity index (χ0v) is 17.0. The number of aryl methyl sites for hydroxylation is 1. The van der Waals surface area contributed by atoms with Crippen LogP contribution in [-0.4, -0.2) is 35.4 Å². The van der Waals surface area contributed by atoms with E-state index in [0.717, 1.165) is 24.1 Å². The van der Waals surface area contributed by atoms with Crippen LogP contribution in [0.4, 0.5) is 11.4 Å². The summed E-state index contributed by atoms with van der Waals surface area (Å²) < 4.78 is 0. The highest BCUT2D eigenvalue weighted by molar-refractivity contribution is 6.44. The number of amides is 2. The largest absolute Gasteiger partial charge is 0.349 e.